The molecule has 172 valence electrons. The predicted octanol–water partition coefficient (Wildman–Crippen LogP) is 5.07. The van der Waals surface area contributed by atoms with Crippen molar-refractivity contribution in [2.24, 2.45) is 5.10 Å². The molecule has 0 bridgehead atoms. The molecule has 0 fully saturated rings. The predicted molar refractivity (Wildman–Crippen MR) is 138 cm³/mol. The van der Waals surface area contributed by atoms with E-state index in [1.807, 2.05) is 75.4 Å². The number of anilines is 2. The number of hydrogen-bond acceptors (Lipinski definition) is 6. The summed E-state index contributed by atoms with van der Waals surface area (Å²) in [5.41, 5.74) is 8.02. The molecule has 2 heterocycles. The van der Waals surface area contributed by atoms with Crippen molar-refractivity contribution in [3.63, 3.8) is 0 Å². The number of hydrazone groups is 1. The van der Waals surface area contributed by atoms with Crippen LogP contribution in [-0.4, -0.2) is 33.6 Å². The van der Waals surface area contributed by atoms with Crippen LogP contribution in [0, 0.1) is 0 Å². The van der Waals surface area contributed by atoms with Crippen LogP contribution >= 0.6 is 0 Å². The maximum atomic E-state index is 12.3. The van der Waals surface area contributed by atoms with Crippen LogP contribution in [0.5, 0.6) is 0 Å². The van der Waals surface area contributed by atoms with Crippen LogP contribution in [0.4, 0.5) is 11.5 Å². The van der Waals surface area contributed by atoms with Gasteiger partial charge in [0.15, 0.2) is 5.82 Å². The molecule has 0 aliphatic rings. The van der Waals surface area contributed by atoms with Crippen molar-refractivity contribution in [1.82, 2.24) is 25.7 Å². The van der Waals surface area contributed by atoms with Gasteiger partial charge in [-0.15, -0.1) is 0 Å². The van der Waals surface area contributed by atoms with E-state index in [-0.39, 0.29) is 11.9 Å². The summed E-state index contributed by atoms with van der Waals surface area (Å²) >= 11 is 0. The third kappa shape index (κ3) is 5.29. The Balaban J connectivity index is 1.53. The molecule has 2 aromatic heterocycles. The molecule has 34 heavy (non-hydrogen) atoms. The molecule has 1 amide bonds. The molecular formula is C26H27N7O. The van der Waals surface area contributed by atoms with E-state index in [2.05, 4.69) is 42.8 Å². The van der Waals surface area contributed by atoms with Crippen molar-refractivity contribution in [3.8, 4) is 11.4 Å². The Morgan fingerprint density at radius 3 is 2.65 bits per heavy atom. The summed E-state index contributed by atoms with van der Waals surface area (Å²) in [5.74, 6) is 1.15. The van der Waals surface area contributed by atoms with Crippen molar-refractivity contribution >= 4 is 40.6 Å². The molecule has 0 saturated heterocycles. The summed E-state index contributed by atoms with van der Waals surface area (Å²) in [5, 5.41) is 10.8. The normalized spacial score (nSPS) is 11.5. The van der Waals surface area contributed by atoms with E-state index in [1.54, 1.807) is 12.4 Å². The fourth-order valence-corrected chi connectivity index (χ4v) is 3.49. The summed E-state index contributed by atoms with van der Waals surface area (Å²) in [4.78, 5) is 24.6. The summed E-state index contributed by atoms with van der Waals surface area (Å²) in [6.45, 7) is 9.27. The molecule has 0 unspecified atom stereocenters. The molecular weight excluding hydrogens is 426 g/mol. The number of aromatic amines is 1. The largest absolute Gasteiger partial charge is 0.351 e. The Morgan fingerprint density at radius 2 is 1.91 bits per heavy atom. The molecule has 0 radical (unpaired) electrons. The van der Waals surface area contributed by atoms with Crippen LogP contribution in [-0.2, 0) is 0 Å². The van der Waals surface area contributed by atoms with Gasteiger partial charge in [0.2, 0.25) is 0 Å². The number of carbonyl (C=O) groups is 1. The first-order chi connectivity index (χ1) is 16.4. The van der Waals surface area contributed by atoms with Gasteiger partial charge in [0, 0.05) is 47.3 Å². The second-order valence-electron chi connectivity index (χ2n) is 8.20. The van der Waals surface area contributed by atoms with E-state index >= 15 is 0 Å². The van der Waals surface area contributed by atoms with Gasteiger partial charge in [0.05, 0.1) is 0 Å². The van der Waals surface area contributed by atoms with Gasteiger partial charge in [-0.1, -0.05) is 24.3 Å². The number of nitrogens with zero attached hydrogens (tertiary/aromatic N) is 3. The van der Waals surface area contributed by atoms with Gasteiger partial charge < -0.3 is 15.6 Å². The second-order valence-corrected chi connectivity index (χ2v) is 8.20. The van der Waals surface area contributed by atoms with Crippen molar-refractivity contribution in [1.29, 1.82) is 0 Å². The highest BCUT2D eigenvalue weighted by atomic mass is 16.1. The maximum Gasteiger partial charge on any atom is 0.267 e. The Morgan fingerprint density at radius 1 is 1.12 bits per heavy atom. The average molecular weight is 454 g/mol. The number of allylic oxidation sites excluding steroid dienone is 1. The summed E-state index contributed by atoms with van der Waals surface area (Å²) in [7, 11) is 0. The minimum Gasteiger partial charge on any atom is -0.351 e. The quantitative estimate of drug-likeness (QED) is 0.220. The fraction of sp³-hybridized carbons (Fsp3) is 0.154. The smallest absolute Gasteiger partial charge is 0.267 e. The van der Waals surface area contributed by atoms with Gasteiger partial charge in [-0.2, -0.15) is 5.10 Å². The van der Waals surface area contributed by atoms with Crippen molar-refractivity contribution in [2.75, 3.05) is 5.32 Å². The topological polar surface area (TPSA) is 107 Å². The van der Waals surface area contributed by atoms with Crippen molar-refractivity contribution < 1.29 is 4.79 Å². The lowest BCUT2D eigenvalue weighted by atomic mass is 10.1. The highest BCUT2D eigenvalue weighted by molar-refractivity contribution is 5.98. The Labute approximate surface area is 198 Å². The molecule has 0 aliphatic heterocycles. The van der Waals surface area contributed by atoms with Crippen LogP contribution in [0.3, 0.4) is 0 Å². The number of fused-ring (bicyclic) bond motifs is 1. The summed E-state index contributed by atoms with van der Waals surface area (Å²) < 4.78 is 0. The Kier molecular flexibility index (Phi) is 6.68. The first-order valence-electron chi connectivity index (χ1n) is 11.0. The maximum absolute atomic E-state index is 12.3. The monoisotopic (exact) mass is 453 g/mol. The van der Waals surface area contributed by atoms with E-state index in [0.717, 1.165) is 33.3 Å². The number of amides is 1. The Hall–Kier alpha value is -4.46. The van der Waals surface area contributed by atoms with Crippen molar-refractivity contribution in [2.45, 2.75) is 26.8 Å². The number of hydrogen-bond donors (Lipinski definition) is 4. The Bertz CT molecular complexity index is 1350. The summed E-state index contributed by atoms with van der Waals surface area (Å²) in [6.07, 6.45) is 3.52. The number of rotatable bonds is 8. The molecule has 2 aromatic carbocycles. The highest BCUT2D eigenvalue weighted by Crippen LogP contribution is 2.25. The van der Waals surface area contributed by atoms with Crippen LogP contribution < -0.4 is 16.1 Å². The molecule has 4 aromatic rings. The highest BCUT2D eigenvalue weighted by Gasteiger charge is 2.12. The van der Waals surface area contributed by atoms with Crippen LogP contribution in [0.15, 0.2) is 72.1 Å². The third-order valence-electron chi connectivity index (χ3n) is 5.19. The van der Waals surface area contributed by atoms with Crippen LogP contribution in [0.1, 0.15) is 36.8 Å². The lowest BCUT2D eigenvalue weighted by Gasteiger charge is -2.09. The molecule has 0 saturated carbocycles. The summed E-state index contributed by atoms with van der Waals surface area (Å²) in [6, 6.07) is 17.6. The average Bonchev–Trinajstić information content (AvgIpc) is 3.26. The molecule has 4 N–H and O–H groups in total. The molecule has 0 atom stereocenters. The zero-order valence-corrected chi connectivity index (χ0v) is 19.4. The standard InChI is InChI=1S/C26H27N7O/c1-16(2)30-26(34)23-13-19-5-6-20(14-22(19)32-23)25-28-12-11-24(33-25)31-21-9-7-18(8-10-21)17(3)15-29-27-4/h5-16,29,32H,4H2,1-3H3,(H,30,34)(H,28,31,33)/b17-15+. The van der Waals surface area contributed by atoms with Gasteiger partial charge in [-0.3, -0.25) is 10.2 Å². The van der Waals surface area contributed by atoms with E-state index in [0.29, 0.717) is 17.3 Å². The second kappa shape index (κ2) is 9.99. The van der Waals surface area contributed by atoms with Gasteiger partial charge in [-0.05, 0) is 62.2 Å². The number of carbonyl (C=O) groups excluding carboxylic acids is 1. The number of nitrogens with one attached hydrogen (secondary N) is 4. The van der Waals surface area contributed by atoms with Crippen LogP contribution in [0.2, 0.25) is 0 Å². The van der Waals surface area contributed by atoms with Crippen molar-refractivity contribution in [3.05, 3.63) is 78.3 Å². The third-order valence-corrected chi connectivity index (χ3v) is 5.19. The first kappa shape index (κ1) is 22.7. The van der Waals surface area contributed by atoms with Crippen LogP contribution in [0.25, 0.3) is 27.9 Å². The van der Waals surface area contributed by atoms with Gasteiger partial charge in [-0.25, -0.2) is 9.97 Å². The zero-order chi connectivity index (χ0) is 24.1. The molecule has 8 heteroatoms. The molecule has 0 spiro atoms. The molecule has 8 nitrogen and oxygen atoms in total. The van der Waals surface area contributed by atoms with Gasteiger partial charge in [0.1, 0.15) is 11.5 Å². The zero-order valence-electron chi connectivity index (χ0n) is 19.4. The molecule has 4 rings (SSSR count). The van der Waals surface area contributed by atoms with E-state index in [1.165, 1.54) is 0 Å². The molecule has 0 aliphatic carbocycles. The van der Waals surface area contributed by atoms with E-state index < -0.39 is 0 Å². The lowest BCUT2D eigenvalue weighted by Crippen LogP contribution is -2.30. The number of benzene rings is 2. The van der Waals surface area contributed by atoms with Gasteiger partial charge >= 0.3 is 0 Å². The minimum absolute atomic E-state index is 0.0707. The van der Waals surface area contributed by atoms with E-state index in [9.17, 15) is 4.79 Å². The SMILES string of the molecule is C=NN/C=C(\C)c1ccc(Nc2ccnc(-c3ccc4cc(C(=O)NC(C)C)[nH]c4c3)n2)cc1. The van der Waals surface area contributed by atoms with Gasteiger partial charge in [0.25, 0.3) is 5.91 Å². The minimum atomic E-state index is -0.125. The number of aromatic nitrogens is 3. The van der Waals surface area contributed by atoms with E-state index in [4.69, 9.17) is 0 Å². The lowest BCUT2D eigenvalue weighted by molar-refractivity contribution is 0.0939. The fourth-order valence-electron chi connectivity index (χ4n) is 3.49. The number of H-pyrrole nitrogens is 1. The first-order valence-corrected chi connectivity index (χ1v) is 11.0.